The van der Waals surface area contributed by atoms with Crippen molar-refractivity contribution in [3.63, 3.8) is 0 Å². The molecule has 0 bridgehead atoms. The van der Waals surface area contributed by atoms with Crippen LogP contribution >= 0.6 is 0 Å². The molecule has 0 amide bonds. The summed E-state index contributed by atoms with van der Waals surface area (Å²) in [6.45, 7) is 4.66. The van der Waals surface area contributed by atoms with Crippen molar-refractivity contribution in [3.05, 3.63) is 33.9 Å². The van der Waals surface area contributed by atoms with Gasteiger partial charge in [-0.05, 0) is 26.3 Å². The van der Waals surface area contributed by atoms with Crippen molar-refractivity contribution in [1.82, 2.24) is 4.72 Å². The summed E-state index contributed by atoms with van der Waals surface area (Å²) in [7, 11) is -3.90. The Balaban J connectivity index is 3.13. The molecule has 108 valence electrons. The summed E-state index contributed by atoms with van der Waals surface area (Å²) in [6, 6.07) is 5.61. The maximum Gasteiger partial charge on any atom is 0.270 e. The Labute approximate surface area is 117 Å². The average Bonchev–Trinajstić information content (AvgIpc) is 2.37. The SMILES string of the molecule is Cc1ccc([N+](=O)[O-])cc1S(=O)(=O)NCC(C)(C)C#N. The molecular weight excluding hydrogens is 282 g/mol. The maximum atomic E-state index is 12.1. The number of non-ortho nitro benzene ring substituents is 1. The number of hydrogen-bond donors (Lipinski definition) is 1. The van der Waals surface area contributed by atoms with Crippen molar-refractivity contribution < 1.29 is 13.3 Å². The van der Waals surface area contributed by atoms with Gasteiger partial charge in [0.25, 0.3) is 5.69 Å². The van der Waals surface area contributed by atoms with E-state index >= 15 is 0 Å². The van der Waals surface area contributed by atoms with E-state index in [-0.39, 0.29) is 17.1 Å². The van der Waals surface area contributed by atoms with Crippen molar-refractivity contribution in [3.8, 4) is 6.07 Å². The van der Waals surface area contributed by atoms with Gasteiger partial charge in [0.05, 0.1) is 21.3 Å². The minimum atomic E-state index is -3.90. The van der Waals surface area contributed by atoms with Crippen LogP contribution in [0.25, 0.3) is 0 Å². The number of nitro benzene ring substituents is 1. The molecule has 0 saturated carbocycles. The van der Waals surface area contributed by atoms with Gasteiger partial charge in [-0.15, -0.1) is 0 Å². The van der Waals surface area contributed by atoms with Crippen molar-refractivity contribution in [2.45, 2.75) is 25.7 Å². The van der Waals surface area contributed by atoms with Gasteiger partial charge < -0.3 is 0 Å². The second kappa shape index (κ2) is 5.56. The molecule has 0 aliphatic carbocycles. The minimum absolute atomic E-state index is 0.0754. The van der Waals surface area contributed by atoms with Gasteiger partial charge in [0, 0.05) is 18.7 Å². The van der Waals surface area contributed by atoms with Crippen LogP contribution in [0, 0.1) is 33.8 Å². The van der Waals surface area contributed by atoms with Gasteiger partial charge in [0.15, 0.2) is 0 Å². The van der Waals surface area contributed by atoms with E-state index in [9.17, 15) is 18.5 Å². The highest BCUT2D eigenvalue weighted by Crippen LogP contribution is 2.22. The molecular formula is C12H15N3O4S. The van der Waals surface area contributed by atoms with Gasteiger partial charge in [-0.2, -0.15) is 5.26 Å². The van der Waals surface area contributed by atoms with Crippen LogP contribution in [0.4, 0.5) is 5.69 Å². The fraction of sp³-hybridized carbons (Fsp3) is 0.417. The number of nitrogens with one attached hydrogen (secondary N) is 1. The largest absolute Gasteiger partial charge is 0.270 e. The fourth-order valence-corrected chi connectivity index (χ4v) is 2.86. The molecule has 1 rings (SSSR count). The van der Waals surface area contributed by atoms with E-state index in [0.29, 0.717) is 5.56 Å². The van der Waals surface area contributed by atoms with Crippen LogP contribution in [0.5, 0.6) is 0 Å². The highest BCUT2D eigenvalue weighted by molar-refractivity contribution is 7.89. The van der Waals surface area contributed by atoms with Crippen LogP contribution in [-0.4, -0.2) is 19.9 Å². The highest BCUT2D eigenvalue weighted by Gasteiger charge is 2.24. The summed E-state index contributed by atoms with van der Waals surface area (Å²) in [5, 5.41) is 19.6. The highest BCUT2D eigenvalue weighted by atomic mass is 32.2. The summed E-state index contributed by atoms with van der Waals surface area (Å²) in [5.41, 5.74) is -0.754. The molecule has 0 unspecified atom stereocenters. The molecule has 20 heavy (non-hydrogen) atoms. The predicted octanol–water partition coefficient (Wildman–Crippen LogP) is 1.73. The molecule has 0 radical (unpaired) electrons. The Hall–Kier alpha value is -1.98. The minimum Gasteiger partial charge on any atom is -0.258 e. The van der Waals surface area contributed by atoms with Gasteiger partial charge in [0.1, 0.15) is 0 Å². The molecule has 0 spiro atoms. The number of rotatable bonds is 5. The Bertz CT molecular complexity index is 674. The van der Waals surface area contributed by atoms with Crippen LogP contribution in [0.1, 0.15) is 19.4 Å². The summed E-state index contributed by atoms with van der Waals surface area (Å²) in [6.07, 6.45) is 0. The molecule has 7 nitrogen and oxygen atoms in total. The number of nitrogens with zero attached hydrogens (tertiary/aromatic N) is 2. The van der Waals surface area contributed by atoms with Crippen LogP contribution in [-0.2, 0) is 10.0 Å². The molecule has 0 aliphatic rings. The lowest BCUT2D eigenvalue weighted by molar-refractivity contribution is -0.385. The molecule has 1 aromatic carbocycles. The molecule has 1 aromatic rings. The second-order valence-electron chi connectivity index (χ2n) is 5.03. The first kappa shape index (κ1) is 16.1. The standard InChI is InChI=1S/C12H15N3O4S/c1-9-4-5-10(15(16)17)6-11(9)20(18,19)14-8-12(2,3)7-13/h4-6,14H,8H2,1-3H3. The quantitative estimate of drug-likeness (QED) is 0.656. The summed E-state index contributed by atoms with van der Waals surface area (Å²) < 4.78 is 26.6. The molecule has 0 aromatic heterocycles. The van der Waals surface area contributed by atoms with Crippen molar-refractivity contribution in [2.75, 3.05) is 6.54 Å². The van der Waals surface area contributed by atoms with Crippen LogP contribution in [0.3, 0.4) is 0 Å². The van der Waals surface area contributed by atoms with Gasteiger partial charge in [0.2, 0.25) is 10.0 Å². The lowest BCUT2D eigenvalue weighted by atomic mass is 9.97. The van der Waals surface area contributed by atoms with Crippen LogP contribution in [0.2, 0.25) is 0 Å². The van der Waals surface area contributed by atoms with Crippen LogP contribution in [0.15, 0.2) is 23.1 Å². The summed E-state index contributed by atoms with van der Waals surface area (Å²) in [5.74, 6) is 0. The lowest BCUT2D eigenvalue weighted by Gasteiger charge is -2.16. The Kier molecular flexibility index (Phi) is 4.47. The van der Waals surface area contributed by atoms with Crippen molar-refractivity contribution in [1.29, 1.82) is 5.26 Å². The number of nitriles is 1. The van der Waals surface area contributed by atoms with Gasteiger partial charge >= 0.3 is 0 Å². The Morgan fingerprint density at radius 1 is 1.45 bits per heavy atom. The third kappa shape index (κ3) is 3.76. The molecule has 8 heteroatoms. The van der Waals surface area contributed by atoms with E-state index in [1.807, 2.05) is 6.07 Å². The Morgan fingerprint density at radius 3 is 2.55 bits per heavy atom. The first-order valence-corrected chi connectivity index (χ1v) is 7.23. The lowest BCUT2D eigenvalue weighted by Crippen LogP contribution is -2.33. The third-order valence-electron chi connectivity index (χ3n) is 2.68. The molecule has 0 fully saturated rings. The summed E-state index contributed by atoms with van der Waals surface area (Å²) >= 11 is 0. The van der Waals surface area contributed by atoms with Gasteiger partial charge in [-0.1, -0.05) is 6.07 Å². The summed E-state index contributed by atoms with van der Waals surface area (Å²) in [4.78, 5) is 9.89. The average molecular weight is 297 g/mol. The normalized spacial score (nSPS) is 11.9. The van der Waals surface area contributed by atoms with E-state index in [1.165, 1.54) is 12.1 Å². The number of sulfonamides is 1. The monoisotopic (exact) mass is 297 g/mol. The smallest absolute Gasteiger partial charge is 0.258 e. The van der Waals surface area contributed by atoms with E-state index in [2.05, 4.69) is 4.72 Å². The maximum absolute atomic E-state index is 12.1. The number of aryl methyl sites for hydroxylation is 1. The molecule has 0 atom stereocenters. The molecule has 0 aliphatic heterocycles. The predicted molar refractivity (Wildman–Crippen MR) is 72.4 cm³/mol. The topological polar surface area (TPSA) is 113 Å². The zero-order valence-corrected chi connectivity index (χ0v) is 12.2. The number of nitro groups is 1. The van der Waals surface area contributed by atoms with Crippen LogP contribution < -0.4 is 4.72 Å². The first-order valence-electron chi connectivity index (χ1n) is 5.75. The number of benzene rings is 1. The van der Waals surface area contributed by atoms with Gasteiger partial charge in [-0.3, -0.25) is 10.1 Å². The zero-order valence-electron chi connectivity index (χ0n) is 11.4. The Morgan fingerprint density at radius 2 is 2.05 bits per heavy atom. The second-order valence-corrected chi connectivity index (χ2v) is 6.76. The van der Waals surface area contributed by atoms with E-state index in [1.54, 1.807) is 20.8 Å². The molecule has 1 N–H and O–H groups in total. The number of hydrogen-bond acceptors (Lipinski definition) is 5. The molecule has 0 saturated heterocycles. The van der Waals surface area contributed by atoms with Crippen molar-refractivity contribution >= 4 is 15.7 Å². The van der Waals surface area contributed by atoms with E-state index in [0.717, 1.165) is 6.07 Å². The van der Waals surface area contributed by atoms with Crippen molar-refractivity contribution in [2.24, 2.45) is 5.41 Å². The fourth-order valence-electron chi connectivity index (χ4n) is 1.38. The van der Waals surface area contributed by atoms with Gasteiger partial charge in [-0.25, -0.2) is 13.1 Å². The third-order valence-corrected chi connectivity index (χ3v) is 4.22. The first-order chi connectivity index (χ1) is 9.09. The van der Waals surface area contributed by atoms with E-state index in [4.69, 9.17) is 5.26 Å². The van der Waals surface area contributed by atoms with E-state index < -0.39 is 20.4 Å². The zero-order chi connectivity index (χ0) is 15.6. The molecule has 0 heterocycles.